The molecule has 4 nitrogen and oxygen atoms in total. The third-order valence-electron chi connectivity index (χ3n) is 3.41. The van der Waals surface area contributed by atoms with E-state index in [4.69, 9.17) is 11.3 Å². The fourth-order valence-corrected chi connectivity index (χ4v) is 1.81. The van der Waals surface area contributed by atoms with E-state index in [1.54, 1.807) is 6.92 Å². The summed E-state index contributed by atoms with van der Waals surface area (Å²) in [6.45, 7) is 10.8. The predicted molar refractivity (Wildman–Crippen MR) is 94.0 cm³/mol. The van der Waals surface area contributed by atoms with E-state index < -0.39 is 0 Å². The number of hydrogen-bond acceptors (Lipinski definition) is 3. The molecule has 0 amide bonds. The molecule has 0 radical (unpaired) electrons. The molecule has 0 aliphatic heterocycles. The Kier molecular flexibility index (Phi) is 6.65. The highest BCUT2D eigenvalue weighted by atomic mass is 16.6. The van der Waals surface area contributed by atoms with Crippen LogP contribution in [-0.4, -0.2) is 36.6 Å². The summed E-state index contributed by atoms with van der Waals surface area (Å²) in [5.41, 5.74) is 5.02. The molecule has 0 saturated carbocycles. The summed E-state index contributed by atoms with van der Waals surface area (Å²) in [5, 5.41) is 4.11. The molecule has 0 heterocycles. The molecule has 1 rings (SSSR count). The average Bonchev–Trinajstić information content (AvgIpc) is 2.51. The Hall–Kier alpha value is -2.28. The Bertz CT molecular complexity index is 611. The third kappa shape index (κ3) is 4.92. The fourth-order valence-electron chi connectivity index (χ4n) is 1.81. The quantitative estimate of drug-likeness (QED) is 0.348. The van der Waals surface area contributed by atoms with Crippen LogP contribution in [0, 0.1) is 26.2 Å². The maximum atomic E-state index is 5.28. The zero-order valence-electron chi connectivity index (χ0n) is 14.3. The number of hydrogen-bond donors (Lipinski definition) is 0. The van der Waals surface area contributed by atoms with Crippen molar-refractivity contribution in [1.29, 1.82) is 0 Å². The molecule has 0 saturated heterocycles. The van der Waals surface area contributed by atoms with Gasteiger partial charge in [-0.3, -0.25) is 0 Å². The monoisotopic (exact) mass is 299 g/mol. The number of nitrogens with zero attached hydrogens (tertiary/aromatic N) is 3. The van der Waals surface area contributed by atoms with Gasteiger partial charge < -0.3 is 9.74 Å². The number of rotatable bonds is 6. The Labute approximate surface area is 133 Å². The normalized spacial score (nSPS) is 13.0. The van der Waals surface area contributed by atoms with Crippen molar-refractivity contribution in [3.05, 3.63) is 28.8 Å². The van der Waals surface area contributed by atoms with Crippen LogP contribution in [0.5, 0.6) is 0 Å². The number of aryl methyl sites for hydroxylation is 2. The SMILES string of the molecule is C#CC(C)ON=C(C)c1cc(C)c(N=CN(C)CC)cc1C. The first-order valence-corrected chi connectivity index (χ1v) is 7.41. The molecule has 1 atom stereocenters. The molecule has 0 fully saturated rings. The summed E-state index contributed by atoms with van der Waals surface area (Å²) in [4.78, 5) is 11.8. The molecule has 1 unspecified atom stereocenters. The predicted octanol–water partition coefficient (Wildman–Crippen LogP) is 3.68. The smallest absolute Gasteiger partial charge is 0.184 e. The zero-order valence-corrected chi connectivity index (χ0v) is 14.3. The van der Waals surface area contributed by atoms with E-state index in [1.165, 1.54) is 0 Å². The molecule has 0 aliphatic carbocycles. The van der Waals surface area contributed by atoms with Crippen LogP contribution in [-0.2, 0) is 4.84 Å². The lowest BCUT2D eigenvalue weighted by molar-refractivity contribution is 0.112. The highest BCUT2D eigenvalue weighted by Gasteiger charge is 2.08. The zero-order chi connectivity index (χ0) is 16.7. The van der Waals surface area contributed by atoms with Crippen molar-refractivity contribution >= 4 is 17.7 Å². The van der Waals surface area contributed by atoms with Gasteiger partial charge in [0.1, 0.15) is 0 Å². The standard InChI is InChI=1S/C18H25N3O/c1-8-15(5)22-20-16(6)17-10-14(4)18(11-13(17)3)19-12-21(7)9-2/h1,10-12,15H,9H2,2-7H3. The molecule has 4 heteroatoms. The molecule has 118 valence electrons. The highest BCUT2D eigenvalue weighted by Crippen LogP contribution is 2.23. The van der Waals surface area contributed by atoms with Gasteiger partial charge in [-0.25, -0.2) is 4.99 Å². The van der Waals surface area contributed by atoms with Crippen LogP contribution < -0.4 is 0 Å². The van der Waals surface area contributed by atoms with Gasteiger partial charge in [0.2, 0.25) is 0 Å². The van der Waals surface area contributed by atoms with Crippen molar-refractivity contribution in [3.63, 3.8) is 0 Å². The van der Waals surface area contributed by atoms with Gasteiger partial charge in [-0.15, -0.1) is 6.42 Å². The summed E-state index contributed by atoms with van der Waals surface area (Å²) < 4.78 is 0. The van der Waals surface area contributed by atoms with Crippen LogP contribution in [0.4, 0.5) is 5.69 Å². The van der Waals surface area contributed by atoms with Gasteiger partial charge in [-0.2, -0.15) is 0 Å². The summed E-state index contributed by atoms with van der Waals surface area (Å²) in [6.07, 6.45) is 6.79. The number of aliphatic imine (C=N–C) groups is 1. The van der Waals surface area contributed by atoms with Crippen LogP contribution in [0.25, 0.3) is 0 Å². The lowest BCUT2D eigenvalue weighted by atomic mass is 10.0. The van der Waals surface area contributed by atoms with Gasteiger partial charge in [-0.1, -0.05) is 11.1 Å². The van der Waals surface area contributed by atoms with Crippen molar-refractivity contribution in [2.75, 3.05) is 13.6 Å². The van der Waals surface area contributed by atoms with Crippen molar-refractivity contribution in [3.8, 4) is 12.3 Å². The lowest BCUT2D eigenvalue weighted by Crippen LogP contribution is -2.14. The van der Waals surface area contributed by atoms with Crippen LogP contribution in [0.2, 0.25) is 0 Å². The molecule has 0 bridgehead atoms. The van der Waals surface area contributed by atoms with Gasteiger partial charge in [0.15, 0.2) is 6.10 Å². The van der Waals surface area contributed by atoms with Gasteiger partial charge in [0, 0.05) is 19.2 Å². The van der Waals surface area contributed by atoms with E-state index in [0.29, 0.717) is 0 Å². The van der Waals surface area contributed by atoms with E-state index in [0.717, 1.165) is 34.6 Å². The Balaban J connectivity index is 3.04. The van der Waals surface area contributed by atoms with Crippen LogP contribution in [0.1, 0.15) is 37.5 Å². The molecule has 0 N–H and O–H groups in total. The van der Waals surface area contributed by atoms with Crippen LogP contribution in [0.3, 0.4) is 0 Å². The Morgan fingerprint density at radius 2 is 2.09 bits per heavy atom. The average molecular weight is 299 g/mol. The molecule has 1 aromatic rings. The van der Waals surface area contributed by atoms with Gasteiger partial charge >= 0.3 is 0 Å². The van der Waals surface area contributed by atoms with E-state index in [1.807, 2.05) is 39.1 Å². The molecule has 1 aromatic carbocycles. The minimum absolute atomic E-state index is 0.329. The van der Waals surface area contributed by atoms with Crippen molar-refractivity contribution in [2.24, 2.45) is 10.1 Å². The Morgan fingerprint density at radius 1 is 1.41 bits per heavy atom. The molecular formula is C18H25N3O. The fraction of sp³-hybridized carbons (Fsp3) is 0.444. The van der Waals surface area contributed by atoms with E-state index in [-0.39, 0.29) is 6.10 Å². The second-order valence-corrected chi connectivity index (χ2v) is 5.36. The molecular weight excluding hydrogens is 274 g/mol. The van der Waals surface area contributed by atoms with Gasteiger partial charge in [0.25, 0.3) is 0 Å². The number of benzene rings is 1. The first-order chi connectivity index (χ1) is 10.4. The number of oxime groups is 1. The second kappa shape index (κ2) is 8.23. The second-order valence-electron chi connectivity index (χ2n) is 5.36. The summed E-state index contributed by atoms with van der Waals surface area (Å²) in [6, 6.07) is 4.14. The van der Waals surface area contributed by atoms with Crippen LogP contribution in [0.15, 0.2) is 22.3 Å². The third-order valence-corrected chi connectivity index (χ3v) is 3.41. The first-order valence-electron chi connectivity index (χ1n) is 7.41. The van der Waals surface area contributed by atoms with E-state index in [9.17, 15) is 0 Å². The summed E-state index contributed by atoms with van der Waals surface area (Å²) in [7, 11) is 2.00. The highest BCUT2D eigenvalue weighted by molar-refractivity contribution is 6.00. The van der Waals surface area contributed by atoms with E-state index >= 15 is 0 Å². The minimum atomic E-state index is -0.329. The largest absolute Gasteiger partial charge is 0.379 e. The summed E-state index contributed by atoms with van der Waals surface area (Å²) in [5.74, 6) is 2.49. The topological polar surface area (TPSA) is 37.2 Å². The van der Waals surface area contributed by atoms with Gasteiger partial charge in [0.05, 0.1) is 17.7 Å². The van der Waals surface area contributed by atoms with Crippen molar-refractivity contribution < 1.29 is 4.84 Å². The van der Waals surface area contributed by atoms with Crippen molar-refractivity contribution in [1.82, 2.24) is 4.90 Å². The summed E-state index contributed by atoms with van der Waals surface area (Å²) >= 11 is 0. The first kappa shape index (κ1) is 17.8. The molecule has 22 heavy (non-hydrogen) atoms. The minimum Gasteiger partial charge on any atom is -0.379 e. The molecule has 0 aromatic heterocycles. The maximum Gasteiger partial charge on any atom is 0.184 e. The maximum absolute atomic E-state index is 5.28. The van der Waals surface area contributed by atoms with Crippen LogP contribution >= 0.6 is 0 Å². The van der Waals surface area contributed by atoms with Gasteiger partial charge in [-0.05, 0) is 57.9 Å². The van der Waals surface area contributed by atoms with E-state index in [2.05, 4.69) is 35.1 Å². The number of terminal acetylenes is 1. The van der Waals surface area contributed by atoms with Crippen molar-refractivity contribution in [2.45, 2.75) is 40.7 Å². The molecule has 0 spiro atoms. The molecule has 0 aliphatic rings. The lowest BCUT2D eigenvalue weighted by Gasteiger charge is -2.12. The Morgan fingerprint density at radius 3 is 2.68 bits per heavy atom.